The number of hydrogen-bond acceptors (Lipinski definition) is 3. The molecule has 0 unspecified atom stereocenters. The first-order valence-electron chi connectivity index (χ1n) is 9.05. The van der Waals surface area contributed by atoms with Crippen molar-refractivity contribution >= 4 is 17.5 Å². The van der Waals surface area contributed by atoms with E-state index in [0.29, 0.717) is 30.9 Å². The number of carbonyl (C=O) groups is 2. The van der Waals surface area contributed by atoms with E-state index in [0.717, 1.165) is 13.1 Å². The van der Waals surface area contributed by atoms with Crippen LogP contribution in [0.3, 0.4) is 0 Å². The minimum Gasteiger partial charge on any atom is -0.339 e. The minimum atomic E-state index is -0.00987. The van der Waals surface area contributed by atoms with Crippen molar-refractivity contribution in [1.82, 2.24) is 9.80 Å². The molecule has 1 fully saturated rings. The second kappa shape index (κ2) is 9.42. The monoisotopic (exact) mass is 331 g/mol. The summed E-state index contributed by atoms with van der Waals surface area (Å²) >= 11 is 0. The Morgan fingerprint density at radius 3 is 2.38 bits per heavy atom. The van der Waals surface area contributed by atoms with Crippen LogP contribution in [0.1, 0.15) is 49.9 Å². The molecule has 1 aromatic rings. The lowest BCUT2D eigenvalue weighted by Crippen LogP contribution is -2.34. The fourth-order valence-electron chi connectivity index (χ4n) is 3.12. The van der Waals surface area contributed by atoms with E-state index in [4.69, 9.17) is 0 Å². The quantitative estimate of drug-likeness (QED) is 0.872. The van der Waals surface area contributed by atoms with Crippen molar-refractivity contribution in [2.45, 2.75) is 39.5 Å². The molecular weight excluding hydrogens is 302 g/mol. The van der Waals surface area contributed by atoms with Crippen LogP contribution in [0.25, 0.3) is 0 Å². The van der Waals surface area contributed by atoms with Crippen LogP contribution in [0.2, 0.25) is 0 Å². The Balaban J connectivity index is 1.95. The summed E-state index contributed by atoms with van der Waals surface area (Å²) in [6.07, 6.45) is 4.85. The van der Waals surface area contributed by atoms with E-state index in [-0.39, 0.29) is 11.8 Å². The van der Waals surface area contributed by atoms with E-state index in [9.17, 15) is 9.59 Å². The number of amides is 2. The summed E-state index contributed by atoms with van der Waals surface area (Å²) in [4.78, 5) is 28.7. The molecule has 1 aromatic carbocycles. The first-order valence-corrected chi connectivity index (χ1v) is 9.05. The number of rotatable bonds is 6. The zero-order valence-corrected chi connectivity index (χ0v) is 14.9. The first-order chi connectivity index (χ1) is 11.6. The molecule has 0 bridgehead atoms. The predicted octanol–water partition coefficient (Wildman–Crippen LogP) is 2.98. The average molecular weight is 331 g/mol. The highest BCUT2D eigenvalue weighted by molar-refractivity contribution is 5.97. The van der Waals surface area contributed by atoms with Gasteiger partial charge in [-0.05, 0) is 58.0 Å². The number of carbonyl (C=O) groups excluding carboxylic acids is 2. The summed E-state index contributed by atoms with van der Waals surface area (Å²) in [5.74, 6) is -0.00652. The van der Waals surface area contributed by atoms with Crippen LogP contribution in [0.4, 0.5) is 5.69 Å². The predicted molar refractivity (Wildman–Crippen MR) is 97.2 cm³/mol. The van der Waals surface area contributed by atoms with Crippen LogP contribution < -0.4 is 5.32 Å². The zero-order valence-electron chi connectivity index (χ0n) is 14.9. The molecule has 5 nitrogen and oxygen atoms in total. The van der Waals surface area contributed by atoms with Crippen molar-refractivity contribution in [2.24, 2.45) is 0 Å². The molecule has 0 saturated carbocycles. The van der Waals surface area contributed by atoms with E-state index in [2.05, 4.69) is 10.2 Å². The van der Waals surface area contributed by atoms with E-state index in [1.54, 1.807) is 17.0 Å². The summed E-state index contributed by atoms with van der Waals surface area (Å²) in [7, 11) is 0. The van der Waals surface area contributed by atoms with Crippen LogP contribution in [0.15, 0.2) is 24.3 Å². The molecule has 0 radical (unpaired) electrons. The largest absolute Gasteiger partial charge is 0.339 e. The van der Waals surface area contributed by atoms with Gasteiger partial charge in [-0.15, -0.1) is 0 Å². The van der Waals surface area contributed by atoms with E-state index in [1.165, 1.54) is 25.7 Å². The van der Waals surface area contributed by atoms with Gasteiger partial charge >= 0.3 is 0 Å². The van der Waals surface area contributed by atoms with Crippen molar-refractivity contribution in [3.8, 4) is 0 Å². The lowest BCUT2D eigenvalue weighted by Gasteiger charge is -2.20. The Hall–Kier alpha value is -1.88. The third-order valence-corrected chi connectivity index (χ3v) is 4.51. The lowest BCUT2D eigenvalue weighted by atomic mass is 10.1. The van der Waals surface area contributed by atoms with Crippen LogP contribution in [-0.4, -0.2) is 54.3 Å². The van der Waals surface area contributed by atoms with Crippen molar-refractivity contribution in [2.75, 3.05) is 38.0 Å². The Morgan fingerprint density at radius 1 is 1.08 bits per heavy atom. The molecule has 0 atom stereocenters. The van der Waals surface area contributed by atoms with Gasteiger partial charge in [0.15, 0.2) is 0 Å². The van der Waals surface area contributed by atoms with Gasteiger partial charge in [0.25, 0.3) is 5.91 Å². The molecule has 1 aliphatic heterocycles. The SMILES string of the molecule is CCN(CC)C(=O)c1cccc(NC(=O)CN2CCCCCC2)c1. The van der Waals surface area contributed by atoms with Gasteiger partial charge in [0, 0.05) is 24.3 Å². The van der Waals surface area contributed by atoms with Gasteiger partial charge in [-0.3, -0.25) is 14.5 Å². The second-order valence-electron chi connectivity index (χ2n) is 6.30. The number of hydrogen-bond donors (Lipinski definition) is 1. The molecule has 2 rings (SSSR count). The fraction of sp³-hybridized carbons (Fsp3) is 0.579. The van der Waals surface area contributed by atoms with Crippen LogP contribution in [0.5, 0.6) is 0 Å². The molecule has 1 heterocycles. The minimum absolute atomic E-state index is 0.00335. The smallest absolute Gasteiger partial charge is 0.253 e. The molecule has 0 aliphatic carbocycles. The molecule has 5 heteroatoms. The van der Waals surface area contributed by atoms with Crippen LogP contribution in [0, 0.1) is 0 Å². The summed E-state index contributed by atoms with van der Waals surface area (Å²) < 4.78 is 0. The number of benzene rings is 1. The van der Waals surface area contributed by atoms with Crippen molar-refractivity contribution in [3.05, 3.63) is 29.8 Å². The second-order valence-corrected chi connectivity index (χ2v) is 6.30. The first kappa shape index (κ1) is 18.5. The Bertz CT molecular complexity index is 547. The van der Waals surface area contributed by atoms with Crippen molar-refractivity contribution in [1.29, 1.82) is 0 Å². The molecule has 132 valence electrons. The van der Waals surface area contributed by atoms with Gasteiger partial charge in [0.1, 0.15) is 0 Å². The topological polar surface area (TPSA) is 52.7 Å². The van der Waals surface area contributed by atoms with E-state index in [1.807, 2.05) is 26.0 Å². The lowest BCUT2D eigenvalue weighted by molar-refractivity contribution is -0.117. The van der Waals surface area contributed by atoms with Gasteiger partial charge in [0.2, 0.25) is 5.91 Å². The molecule has 24 heavy (non-hydrogen) atoms. The number of nitrogens with one attached hydrogen (secondary N) is 1. The van der Waals surface area contributed by atoms with Crippen LogP contribution >= 0.6 is 0 Å². The zero-order chi connectivity index (χ0) is 17.4. The van der Waals surface area contributed by atoms with Gasteiger partial charge in [-0.25, -0.2) is 0 Å². The normalized spacial score (nSPS) is 15.6. The van der Waals surface area contributed by atoms with E-state index >= 15 is 0 Å². The summed E-state index contributed by atoms with van der Waals surface area (Å²) in [5.41, 5.74) is 1.30. The Labute approximate surface area is 145 Å². The maximum atomic E-state index is 12.4. The summed E-state index contributed by atoms with van der Waals surface area (Å²) in [5, 5.41) is 2.93. The van der Waals surface area contributed by atoms with Crippen LogP contribution in [-0.2, 0) is 4.79 Å². The third-order valence-electron chi connectivity index (χ3n) is 4.51. The molecule has 1 saturated heterocycles. The van der Waals surface area contributed by atoms with E-state index < -0.39 is 0 Å². The Kier molecular flexibility index (Phi) is 7.25. The molecule has 1 aliphatic rings. The maximum absolute atomic E-state index is 12.4. The molecule has 0 aromatic heterocycles. The van der Waals surface area contributed by atoms with Crippen molar-refractivity contribution < 1.29 is 9.59 Å². The van der Waals surface area contributed by atoms with Gasteiger partial charge in [-0.2, -0.15) is 0 Å². The standard InChI is InChI=1S/C19H29N3O2/c1-3-22(4-2)19(24)16-10-9-11-17(14-16)20-18(23)15-21-12-7-5-6-8-13-21/h9-11,14H,3-8,12-13,15H2,1-2H3,(H,20,23). The molecule has 0 spiro atoms. The van der Waals surface area contributed by atoms with Crippen molar-refractivity contribution in [3.63, 3.8) is 0 Å². The highest BCUT2D eigenvalue weighted by Crippen LogP contribution is 2.14. The van der Waals surface area contributed by atoms with Gasteiger partial charge in [0.05, 0.1) is 6.54 Å². The highest BCUT2D eigenvalue weighted by atomic mass is 16.2. The summed E-state index contributed by atoms with van der Waals surface area (Å²) in [6, 6.07) is 7.21. The number of likely N-dealkylation sites (tertiary alicyclic amines) is 1. The number of anilines is 1. The fourth-order valence-corrected chi connectivity index (χ4v) is 3.12. The number of nitrogens with zero attached hydrogens (tertiary/aromatic N) is 2. The molecule has 1 N–H and O–H groups in total. The summed E-state index contributed by atoms with van der Waals surface area (Å²) in [6.45, 7) is 7.71. The average Bonchev–Trinajstić information content (AvgIpc) is 2.84. The molecular formula is C19H29N3O2. The van der Waals surface area contributed by atoms with Gasteiger partial charge in [-0.1, -0.05) is 18.9 Å². The highest BCUT2D eigenvalue weighted by Gasteiger charge is 2.15. The molecule has 2 amide bonds. The van der Waals surface area contributed by atoms with Gasteiger partial charge < -0.3 is 10.2 Å². The maximum Gasteiger partial charge on any atom is 0.253 e. The Morgan fingerprint density at radius 2 is 1.75 bits per heavy atom. The third kappa shape index (κ3) is 5.34.